The molecule has 102 valence electrons. The van der Waals surface area contributed by atoms with Crippen LogP contribution in [0.2, 0.25) is 0 Å². The molecule has 2 bridgehead atoms. The molecule has 3 heterocycles. The van der Waals surface area contributed by atoms with Gasteiger partial charge in [0.25, 0.3) is 0 Å². The SMILES string of the molecule is C[C@H]1OCCN[C@@H]1C(=O)N1C2CCC1CC(O)C2. The zero-order valence-electron chi connectivity index (χ0n) is 10.8. The highest BCUT2D eigenvalue weighted by atomic mass is 16.5. The molecular formula is C13H22N2O3. The van der Waals surface area contributed by atoms with Crippen LogP contribution in [-0.2, 0) is 9.53 Å². The van der Waals surface area contributed by atoms with Crippen molar-refractivity contribution in [2.45, 2.75) is 62.9 Å². The Kier molecular flexibility index (Phi) is 3.30. The number of aliphatic hydroxyl groups excluding tert-OH is 1. The van der Waals surface area contributed by atoms with Crippen molar-refractivity contribution in [2.24, 2.45) is 0 Å². The molecule has 0 spiro atoms. The minimum Gasteiger partial charge on any atom is -0.393 e. The van der Waals surface area contributed by atoms with Gasteiger partial charge in [0.1, 0.15) is 6.04 Å². The average Bonchev–Trinajstić information content (AvgIpc) is 2.61. The van der Waals surface area contributed by atoms with Crippen molar-refractivity contribution < 1.29 is 14.6 Å². The Hall–Kier alpha value is -0.650. The van der Waals surface area contributed by atoms with Gasteiger partial charge in [-0.05, 0) is 32.6 Å². The van der Waals surface area contributed by atoms with Crippen LogP contribution in [0.3, 0.4) is 0 Å². The predicted octanol–water partition coefficient (Wildman–Crippen LogP) is -0.122. The number of carbonyl (C=O) groups is 1. The minimum atomic E-state index is -0.223. The monoisotopic (exact) mass is 254 g/mol. The molecular weight excluding hydrogens is 232 g/mol. The Morgan fingerprint density at radius 3 is 2.61 bits per heavy atom. The molecule has 0 saturated carbocycles. The van der Waals surface area contributed by atoms with Crippen LogP contribution in [0.15, 0.2) is 0 Å². The number of ether oxygens (including phenoxy) is 1. The number of hydrogen-bond donors (Lipinski definition) is 2. The highest BCUT2D eigenvalue weighted by molar-refractivity contribution is 5.83. The maximum atomic E-state index is 12.6. The number of fused-ring (bicyclic) bond motifs is 2. The van der Waals surface area contributed by atoms with Crippen molar-refractivity contribution >= 4 is 5.91 Å². The Labute approximate surface area is 107 Å². The summed E-state index contributed by atoms with van der Waals surface area (Å²) in [4.78, 5) is 14.7. The molecule has 5 nitrogen and oxygen atoms in total. The molecule has 5 heteroatoms. The average molecular weight is 254 g/mol. The number of piperidine rings is 1. The summed E-state index contributed by atoms with van der Waals surface area (Å²) < 4.78 is 5.56. The fourth-order valence-electron chi connectivity index (χ4n) is 3.68. The van der Waals surface area contributed by atoms with E-state index in [2.05, 4.69) is 5.32 Å². The zero-order chi connectivity index (χ0) is 12.7. The summed E-state index contributed by atoms with van der Waals surface area (Å²) in [6.07, 6.45) is 3.27. The number of nitrogens with one attached hydrogen (secondary N) is 1. The first-order valence-corrected chi connectivity index (χ1v) is 7.02. The highest BCUT2D eigenvalue weighted by Gasteiger charge is 2.45. The van der Waals surface area contributed by atoms with E-state index in [0.29, 0.717) is 6.61 Å². The van der Waals surface area contributed by atoms with E-state index < -0.39 is 0 Å². The van der Waals surface area contributed by atoms with Gasteiger partial charge in [-0.3, -0.25) is 4.79 Å². The van der Waals surface area contributed by atoms with E-state index in [4.69, 9.17) is 4.74 Å². The lowest BCUT2D eigenvalue weighted by molar-refractivity contribution is -0.145. The first kappa shape index (κ1) is 12.4. The normalized spacial score (nSPS) is 44.1. The maximum absolute atomic E-state index is 12.6. The van der Waals surface area contributed by atoms with E-state index in [1.807, 2.05) is 11.8 Å². The molecule has 0 aromatic heterocycles. The summed E-state index contributed by atoms with van der Waals surface area (Å²) in [5.41, 5.74) is 0. The van der Waals surface area contributed by atoms with Crippen molar-refractivity contribution in [1.82, 2.24) is 10.2 Å². The maximum Gasteiger partial charge on any atom is 0.242 e. The van der Waals surface area contributed by atoms with E-state index in [9.17, 15) is 9.90 Å². The third-order valence-electron chi connectivity index (χ3n) is 4.55. The molecule has 4 atom stereocenters. The summed E-state index contributed by atoms with van der Waals surface area (Å²) in [7, 11) is 0. The third kappa shape index (κ3) is 2.04. The Bertz CT molecular complexity index is 322. The van der Waals surface area contributed by atoms with Gasteiger partial charge < -0.3 is 20.1 Å². The molecule has 1 amide bonds. The molecule has 18 heavy (non-hydrogen) atoms. The largest absolute Gasteiger partial charge is 0.393 e. The van der Waals surface area contributed by atoms with Gasteiger partial charge in [0.15, 0.2) is 0 Å². The number of nitrogens with zero attached hydrogens (tertiary/aromatic N) is 1. The lowest BCUT2D eigenvalue weighted by Crippen LogP contribution is -2.60. The molecule has 0 aromatic carbocycles. The molecule has 2 unspecified atom stereocenters. The van der Waals surface area contributed by atoms with E-state index in [-0.39, 0.29) is 36.2 Å². The van der Waals surface area contributed by atoms with Crippen molar-refractivity contribution in [2.75, 3.05) is 13.2 Å². The van der Waals surface area contributed by atoms with E-state index in [1.165, 1.54) is 0 Å². The van der Waals surface area contributed by atoms with E-state index in [1.54, 1.807) is 0 Å². The van der Waals surface area contributed by atoms with Gasteiger partial charge in [0.05, 0.1) is 18.8 Å². The van der Waals surface area contributed by atoms with Gasteiger partial charge in [-0.1, -0.05) is 0 Å². The van der Waals surface area contributed by atoms with Gasteiger partial charge in [0.2, 0.25) is 5.91 Å². The van der Waals surface area contributed by atoms with Crippen molar-refractivity contribution in [1.29, 1.82) is 0 Å². The van der Waals surface area contributed by atoms with Gasteiger partial charge in [-0.15, -0.1) is 0 Å². The van der Waals surface area contributed by atoms with Crippen LogP contribution in [-0.4, -0.2) is 59.4 Å². The van der Waals surface area contributed by atoms with Crippen LogP contribution in [0.1, 0.15) is 32.6 Å². The molecule has 3 aliphatic heterocycles. The van der Waals surface area contributed by atoms with Crippen LogP contribution in [0.4, 0.5) is 0 Å². The second kappa shape index (κ2) is 4.79. The molecule has 3 saturated heterocycles. The Balaban J connectivity index is 1.72. The first-order valence-electron chi connectivity index (χ1n) is 7.02. The van der Waals surface area contributed by atoms with Gasteiger partial charge in [0, 0.05) is 18.6 Å². The van der Waals surface area contributed by atoms with Crippen LogP contribution in [0, 0.1) is 0 Å². The van der Waals surface area contributed by atoms with Crippen LogP contribution >= 0.6 is 0 Å². The predicted molar refractivity (Wildman–Crippen MR) is 66.1 cm³/mol. The lowest BCUT2D eigenvalue weighted by Gasteiger charge is -2.41. The molecule has 0 aromatic rings. The second-order valence-corrected chi connectivity index (χ2v) is 5.76. The fourth-order valence-corrected chi connectivity index (χ4v) is 3.68. The number of hydrogen-bond acceptors (Lipinski definition) is 4. The van der Waals surface area contributed by atoms with Gasteiger partial charge >= 0.3 is 0 Å². The summed E-state index contributed by atoms with van der Waals surface area (Å²) in [6.45, 7) is 3.37. The molecule has 3 fully saturated rings. The number of carbonyl (C=O) groups excluding carboxylic acids is 1. The molecule has 3 rings (SSSR count). The smallest absolute Gasteiger partial charge is 0.242 e. The van der Waals surface area contributed by atoms with Crippen molar-refractivity contribution in [3.8, 4) is 0 Å². The molecule has 3 aliphatic rings. The standard InChI is InChI=1S/C13H22N2O3/c1-8-12(14-4-5-18-8)13(17)15-9-2-3-10(15)7-11(16)6-9/h8-12,14,16H,2-7H2,1H3/t8-,9?,10?,11?,12+/m1/s1. The number of rotatable bonds is 1. The van der Waals surface area contributed by atoms with Crippen LogP contribution in [0.5, 0.6) is 0 Å². The first-order chi connectivity index (χ1) is 8.66. The summed E-state index contributed by atoms with van der Waals surface area (Å²) in [6, 6.07) is 0.265. The van der Waals surface area contributed by atoms with E-state index >= 15 is 0 Å². The lowest BCUT2D eigenvalue weighted by atomic mass is 9.97. The quantitative estimate of drug-likeness (QED) is 0.685. The van der Waals surface area contributed by atoms with Gasteiger partial charge in [-0.25, -0.2) is 0 Å². The number of morpholine rings is 1. The second-order valence-electron chi connectivity index (χ2n) is 5.76. The fraction of sp³-hybridized carbons (Fsp3) is 0.923. The third-order valence-corrected chi connectivity index (χ3v) is 4.55. The Morgan fingerprint density at radius 2 is 2.00 bits per heavy atom. The summed E-state index contributed by atoms with van der Waals surface area (Å²) >= 11 is 0. The summed E-state index contributed by atoms with van der Waals surface area (Å²) in [5, 5.41) is 13.0. The topological polar surface area (TPSA) is 61.8 Å². The van der Waals surface area contributed by atoms with Crippen molar-refractivity contribution in [3.05, 3.63) is 0 Å². The van der Waals surface area contributed by atoms with Crippen molar-refractivity contribution in [3.63, 3.8) is 0 Å². The zero-order valence-corrected chi connectivity index (χ0v) is 10.8. The minimum absolute atomic E-state index is 0.0579. The summed E-state index contributed by atoms with van der Waals surface area (Å²) in [5.74, 6) is 0.168. The number of aliphatic hydroxyl groups is 1. The van der Waals surface area contributed by atoms with E-state index in [0.717, 1.165) is 32.2 Å². The van der Waals surface area contributed by atoms with Crippen LogP contribution < -0.4 is 5.32 Å². The van der Waals surface area contributed by atoms with Crippen LogP contribution in [0.25, 0.3) is 0 Å². The van der Waals surface area contributed by atoms with Gasteiger partial charge in [-0.2, -0.15) is 0 Å². The molecule has 0 radical (unpaired) electrons. The molecule has 2 N–H and O–H groups in total. The number of amides is 1. The highest BCUT2D eigenvalue weighted by Crippen LogP contribution is 2.36. The molecule has 0 aliphatic carbocycles. The Morgan fingerprint density at radius 1 is 1.33 bits per heavy atom.